The topological polar surface area (TPSA) is 52.6 Å². The molecule has 1 aromatic heterocycles. The fraction of sp³-hybridized carbons (Fsp3) is 0.462. The highest BCUT2D eigenvalue weighted by molar-refractivity contribution is 7.12. The van der Waals surface area contributed by atoms with Crippen LogP contribution in [0.2, 0.25) is 0 Å². The van der Waals surface area contributed by atoms with E-state index < -0.39 is 0 Å². The lowest BCUT2D eigenvalue weighted by molar-refractivity contribution is 0.203. The van der Waals surface area contributed by atoms with Crippen LogP contribution in [0.25, 0.3) is 0 Å². The number of carbonyl (C=O) groups excluding carboxylic acids is 1. The zero-order chi connectivity index (χ0) is 13.4. The van der Waals surface area contributed by atoms with Crippen LogP contribution in [0.3, 0.4) is 0 Å². The van der Waals surface area contributed by atoms with Crippen LogP contribution in [0.4, 0.5) is 4.79 Å². The van der Waals surface area contributed by atoms with Crippen molar-refractivity contribution in [2.75, 3.05) is 19.7 Å². The van der Waals surface area contributed by atoms with Crippen LogP contribution in [0.15, 0.2) is 12.1 Å². The minimum absolute atomic E-state index is 0.0450. The molecule has 0 aliphatic carbocycles. The summed E-state index contributed by atoms with van der Waals surface area (Å²) in [5.41, 5.74) is 0. The zero-order valence-electron chi connectivity index (χ0n) is 10.7. The molecule has 0 radical (unpaired) electrons. The molecular weight excluding hydrogens is 248 g/mol. The Morgan fingerprint density at radius 3 is 2.78 bits per heavy atom. The number of rotatable bonds is 4. The second-order valence-electron chi connectivity index (χ2n) is 3.56. The maximum absolute atomic E-state index is 11.7. The van der Waals surface area contributed by atoms with Crippen LogP contribution in [-0.4, -0.2) is 35.7 Å². The Balaban J connectivity index is 2.48. The normalized spacial score (nSPS) is 9.50. The molecule has 5 heteroatoms. The zero-order valence-corrected chi connectivity index (χ0v) is 11.5. The van der Waals surface area contributed by atoms with E-state index in [1.54, 1.807) is 4.90 Å². The smallest absolute Gasteiger partial charge is 0.317 e. The molecule has 1 heterocycles. The van der Waals surface area contributed by atoms with Crippen molar-refractivity contribution in [3.63, 3.8) is 0 Å². The first-order valence-electron chi connectivity index (χ1n) is 5.92. The SMILES string of the molecule is CCN(CC)C(=O)NCc1ccc(C#CCO)s1. The number of urea groups is 1. The largest absolute Gasteiger partial charge is 0.384 e. The average molecular weight is 266 g/mol. The Hall–Kier alpha value is -1.51. The van der Waals surface area contributed by atoms with E-state index in [-0.39, 0.29) is 12.6 Å². The van der Waals surface area contributed by atoms with Gasteiger partial charge in [0.25, 0.3) is 0 Å². The van der Waals surface area contributed by atoms with Gasteiger partial charge in [0, 0.05) is 18.0 Å². The molecule has 18 heavy (non-hydrogen) atoms. The van der Waals surface area contributed by atoms with E-state index in [0.29, 0.717) is 19.6 Å². The molecule has 0 atom stereocenters. The van der Waals surface area contributed by atoms with Crippen molar-refractivity contribution in [2.45, 2.75) is 20.4 Å². The number of thiophene rings is 1. The Morgan fingerprint density at radius 2 is 2.17 bits per heavy atom. The summed E-state index contributed by atoms with van der Waals surface area (Å²) in [7, 11) is 0. The van der Waals surface area contributed by atoms with E-state index in [1.807, 2.05) is 26.0 Å². The molecule has 0 saturated carbocycles. The molecule has 0 spiro atoms. The summed E-state index contributed by atoms with van der Waals surface area (Å²) in [5.74, 6) is 5.44. The predicted octanol–water partition coefficient (Wildman–Crippen LogP) is 1.64. The van der Waals surface area contributed by atoms with E-state index in [9.17, 15) is 4.79 Å². The molecule has 4 nitrogen and oxygen atoms in total. The Morgan fingerprint density at radius 1 is 1.44 bits per heavy atom. The van der Waals surface area contributed by atoms with Crippen molar-refractivity contribution in [1.29, 1.82) is 0 Å². The number of aliphatic hydroxyl groups excluding tert-OH is 1. The van der Waals surface area contributed by atoms with Crippen molar-refractivity contribution in [3.05, 3.63) is 21.9 Å². The maximum Gasteiger partial charge on any atom is 0.317 e. The molecule has 1 aromatic rings. The summed E-state index contributed by atoms with van der Waals surface area (Å²) in [4.78, 5) is 15.4. The third-order valence-electron chi connectivity index (χ3n) is 2.42. The second-order valence-corrected chi connectivity index (χ2v) is 4.73. The maximum atomic E-state index is 11.7. The van der Waals surface area contributed by atoms with Gasteiger partial charge in [-0.2, -0.15) is 0 Å². The summed E-state index contributed by atoms with van der Waals surface area (Å²) in [6.07, 6.45) is 0. The van der Waals surface area contributed by atoms with Crippen molar-refractivity contribution >= 4 is 17.4 Å². The molecule has 2 amide bonds. The van der Waals surface area contributed by atoms with Gasteiger partial charge in [0.2, 0.25) is 0 Å². The number of carbonyl (C=O) groups is 1. The highest BCUT2D eigenvalue weighted by atomic mass is 32.1. The van der Waals surface area contributed by atoms with Crippen molar-refractivity contribution in [1.82, 2.24) is 10.2 Å². The molecule has 0 bridgehead atoms. The summed E-state index contributed by atoms with van der Waals surface area (Å²) in [5, 5.41) is 11.5. The van der Waals surface area contributed by atoms with Crippen LogP contribution < -0.4 is 5.32 Å². The van der Waals surface area contributed by atoms with Gasteiger partial charge in [-0.05, 0) is 26.0 Å². The van der Waals surface area contributed by atoms with Gasteiger partial charge < -0.3 is 15.3 Å². The molecular formula is C13H18N2O2S. The highest BCUT2D eigenvalue weighted by Gasteiger charge is 2.08. The molecule has 1 rings (SSSR count). The van der Waals surface area contributed by atoms with E-state index in [4.69, 9.17) is 5.11 Å². The Bertz CT molecular complexity index is 441. The van der Waals surface area contributed by atoms with Gasteiger partial charge in [-0.1, -0.05) is 11.8 Å². The second kappa shape index (κ2) is 7.75. The summed E-state index contributed by atoms with van der Waals surface area (Å²) < 4.78 is 0. The van der Waals surface area contributed by atoms with Gasteiger partial charge in [0.1, 0.15) is 6.61 Å². The van der Waals surface area contributed by atoms with Crippen molar-refractivity contribution < 1.29 is 9.90 Å². The summed E-state index contributed by atoms with van der Waals surface area (Å²) in [6.45, 7) is 5.71. The third-order valence-corrected chi connectivity index (χ3v) is 3.42. The third kappa shape index (κ3) is 4.40. The van der Waals surface area contributed by atoms with E-state index >= 15 is 0 Å². The molecule has 0 unspecified atom stereocenters. The first-order chi connectivity index (χ1) is 8.71. The van der Waals surface area contributed by atoms with Crippen LogP contribution >= 0.6 is 11.3 Å². The van der Waals surface area contributed by atoms with Gasteiger partial charge in [0.15, 0.2) is 0 Å². The first kappa shape index (κ1) is 14.6. The van der Waals surface area contributed by atoms with E-state index in [1.165, 1.54) is 11.3 Å². The molecule has 2 N–H and O–H groups in total. The van der Waals surface area contributed by atoms with Crippen LogP contribution in [0, 0.1) is 11.8 Å². The Labute approximate surface area is 112 Å². The van der Waals surface area contributed by atoms with E-state index in [2.05, 4.69) is 17.2 Å². The van der Waals surface area contributed by atoms with Crippen molar-refractivity contribution in [3.8, 4) is 11.8 Å². The van der Waals surface area contributed by atoms with Crippen LogP contribution in [0.1, 0.15) is 23.6 Å². The molecule has 0 aliphatic heterocycles. The van der Waals surface area contributed by atoms with Gasteiger partial charge in [-0.25, -0.2) is 4.79 Å². The molecule has 0 aromatic carbocycles. The summed E-state index contributed by atoms with van der Waals surface area (Å²) in [6, 6.07) is 3.79. The average Bonchev–Trinajstić information content (AvgIpc) is 2.83. The lowest BCUT2D eigenvalue weighted by Crippen LogP contribution is -2.39. The quantitative estimate of drug-likeness (QED) is 0.814. The fourth-order valence-corrected chi connectivity index (χ4v) is 2.27. The van der Waals surface area contributed by atoms with Crippen LogP contribution in [-0.2, 0) is 6.54 Å². The number of nitrogens with one attached hydrogen (secondary N) is 1. The first-order valence-corrected chi connectivity index (χ1v) is 6.74. The van der Waals surface area contributed by atoms with Gasteiger partial charge in [-0.3, -0.25) is 0 Å². The van der Waals surface area contributed by atoms with Crippen LogP contribution in [0.5, 0.6) is 0 Å². The number of hydrogen-bond donors (Lipinski definition) is 2. The number of hydrogen-bond acceptors (Lipinski definition) is 3. The lowest BCUT2D eigenvalue weighted by atomic mass is 10.4. The monoisotopic (exact) mass is 266 g/mol. The predicted molar refractivity (Wildman–Crippen MR) is 73.4 cm³/mol. The minimum atomic E-state index is -0.133. The molecule has 0 aliphatic rings. The lowest BCUT2D eigenvalue weighted by Gasteiger charge is -2.18. The van der Waals surface area contributed by atoms with Crippen molar-refractivity contribution in [2.24, 2.45) is 0 Å². The highest BCUT2D eigenvalue weighted by Crippen LogP contribution is 2.15. The molecule has 98 valence electrons. The molecule has 0 fully saturated rings. The van der Waals surface area contributed by atoms with Gasteiger partial charge >= 0.3 is 6.03 Å². The molecule has 0 saturated heterocycles. The Kier molecular flexibility index (Phi) is 6.26. The fourth-order valence-electron chi connectivity index (χ4n) is 1.45. The number of amides is 2. The number of aliphatic hydroxyl groups is 1. The number of nitrogens with zero attached hydrogens (tertiary/aromatic N) is 1. The minimum Gasteiger partial charge on any atom is -0.384 e. The van der Waals surface area contributed by atoms with Gasteiger partial charge in [-0.15, -0.1) is 11.3 Å². The van der Waals surface area contributed by atoms with E-state index in [0.717, 1.165) is 9.75 Å². The summed E-state index contributed by atoms with van der Waals surface area (Å²) >= 11 is 1.52. The van der Waals surface area contributed by atoms with Gasteiger partial charge in [0.05, 0.1) is 11.4 Å². The standard InChI is InChI=1S/C13H18N2O2S/c1-3-15(4-2)13(17)14-10-12-8-7-11(18-12)6-5-9-16/h7-8,16H,3-4,9-10H2,1-2H3,(H,14,17).